The molecular weight excluding hydrogens is 402 g/mol. The van der Waals surface area contributed by atoms with Gasteiger partial charge in [0, 0.05) is 16.1 Å². The molecule has 1 aromatic carbocycles. The summed E-state index contributed by atoms with van der Waals surface area (Å²) in [6, 6.07) is 7.41. The van der Waals surface area contributed by atoms with Crippen LogP contribution in [-0.2, 0) is 9.53 Å². The fourth-order valence-electron chi connectivity index (χ4n) is 3.34. The van der Waals surface area contributed by atoms with Crippen LogP contribution in [0, 0.1) is 27.7 Å². The quantitative estimate of drug-likeness (QED) is 0.392. The van der Waals surface area contributed by atoms with Gasteiger partial charge in [-0.2, -0.15) is 5.10 Å². The van der Waals surface area contributed by atoms with E-state index in [9.17, 15) is 14.7 Å². The number of rotatable bonds is 6. The van der Waals surface area contributed by atoms with E-state index in [1.54, 1.807) is 6.07 Å². The number of nitrogens with zero attached hydrogens (tertiary/aromatic N) is 1. The second-order valence-electron chi connectivity index (χ2n) is 7.01. The van der Waals surface area contributed by atoms with Crippen molar-refractivity contribution in [2.45, 2.75) is 27.7 Å². The number of carboxylic acid groups (broad SMARTS) is 1. The number of ether oxygens (including phenoxy) is 1. The monoisotopic (exact) mass is 425 g/mol. The van der Waals surface area contributed by atoms with Crippen LogP contribution in [0.5, 0.6) is 0 Å². The molecule has 3 aromatic rings. The maximum absolute atomic E-state index is 13.1. The predicted octanol–water partition coefficient (Wildman–Crippen LogP) is 4.70. The zero-order valence-electron chi connectivity index (χ0n) is 17.4. The number of anilines is 1. The summed E-state index contributed by atoms with van der Waals surface area (Å²) in [6.07, 6.45) is 1.37. The van der Waals surface area contributed by atoms with E-state index < -0.39 is 11.9 Å². The van der Waals surface area contributed by atoms with Gasteiger partial charge in [-0.1, -0.05) is 23.8 Å². The van der Waals surface area contributed by atoms with E-state index in [2.05, 4.69) is 15.5 Å². The number of benzene rings is 1. The van der Waals surface area contributed by atoms with Gasteiger partial charge in [-0.05, 0) is 44.9 Å². The number of aromatic nitrogens is 2. The Morgan fingerprint density at radius 2 is 1.93 bits per heavy atom. The highest BCUT2D eigenvalue weighted by Gasteiger charge is 2.23. The zero-order valence-corrected chi connectivity index (χ0v) is 18.2. The summed E-state index contributed by atoms with van der Waals surface area (Å²) in [5.41, 5.74) is 5.70. The molecule has 0 aliphatic heterocycles. The maximum Gasteiger partial charge on any atom is 0.348 e. The molecule has 2 heterocycles. The number of nitrogens with one attached hydrogen (secondary N) is 2. The number of aryl methyl sites for hydroxylation is 4. The highest BCUT2D eigenvalue weighted by atomic mass is 32.1. The molecule has 3 N–H and O–H groups in total. The number of carboxylic acids is 1. The van der Waals surface area contributed by atoms with E-state index in [1.807, 2.05) is 45.9 Å². The van der Waals surface area contributed by atoms with Crippen LogP contribution in [0.2, 0.25) is 0 Å². The van der Waals surface area contributed by atoms with E-state index in [4.69, 9.17) is 4.74 Å². The molecule has 0 aliphatic carbocycles. The minimum Gasteiger partial charge on any atom is -0.504 e. The smallest absolute Gasteiger partial charge is 0.348 e. The van der Waals surface area contributed by atoms with Crippen molar-refractivity contribution in [2.24, 2.45) is 0 Å². The number of hydrogen-bond acceptors (Lipinski definition) is 5. The van der Waals surface area contributed by atoms with Crippen LogP contribution in [0.25, 0.3) is 16.0 Å². The van der Waals surface area contributed by atoms with Crippen molar-refractivity contribution in [1.82, 2.24) is 10.2 Å². The van der Waals surface area contributed by atoms with Crippen molar-refractivity contribution in [2.75, 3.05) is 12.4 Å². The second-order valence-corrected chi connectivity index (χ2v) is 8.06. The summed E-state index contributed by atoms with van der Waals surface area (Å²) in [5.74, 6) is -1.56. The number of carbonyl (C=O) groups is 2. The molecule has 0 saturated carbocycles. The Balaban J connectivity index is 2.00. The van der Waals surface area contributed by atoms with Gasteiger partial charge in [0.2, 0.25) is 0 Å². The number of methoxy groups -OCH3 is 1. The van der Waals surface area contributed by atoms with Gasteiger partial charge in [0.05, 0.1) is 30.3 Å². The lowest BCUT2D eigenvalue weighted by Gasteiger charge is -2.12. The van der Waals surface area contributed by atoms with E-state index >= 15 is 0 Å². The van der Waals surface area contributed by atoms with Crippen molar-refractivity contribution >= 4 is 34.5 Å². The third kappa shape index (κ3) is 4.13. The minimum atomic E-state index is -1.11. The first-order chi connectivity index (χ1) is 14.2. The molecule has 0 aliphatic rings. The van der Waals surface area contributed by atoms with Crippen LogP contribution >= 0.6 is 11.3 Å². The average Bonchev–Trinajstić information content (AvgIpc) is 3.23. The molecular formula is C22H23N3O4S. The molecule has 0 unspecified atom stereocenters. The SMILES string of the molecule is COC=C(C(=O)Nc1cc(-c2c(C)n[nH]c2C)sc1C(=O)O)c1ccc(C)cc1C. The predicted molar refractivity (Wildman–Crippen MR) is 118 cm³/mol. The second kappa shape index (κ2) is 8.54. The highest BCUT2D eigenvalue weighted by molar-refractivity contribution is 7.18. The van der Waals surface area contributed by atoms with Gasteiger partial charge in [-0.15, -0.1) is 11.3 Å². The van der Waals surface area contributed by atoms with Gasteiger partial charge >= 0.3 is 5.97 Å². The Labute approximate surface area is 178 Å². The molecule has 30 heavy (non-hydrogen) atoms. The van der Waals surface area contributed by atoms with Crippen molar-refractivity contribution < 1.29 is 19.4 Å². The van der Waals surface area contributed by atoms with Crippen LogP contribution in [0.4, 0.5) is 5.69 Å². The minimum absolute atomic E-state index is 0.0516. The molecule has 0 bridgehead atoms. The Morgan fingerprint density at radius 3 is 2.50 bits per heavy atom. The summed E-state index contributed by atoms with van der Waals surface area (Å²) in [4.78, 5) is 25.7. The molecule has 0 atom stereocenters. The normalized spacial score (nSPS) is 11.4. The summed E-state index contributed by atoms with van der Waals surface area (Å²) in [7, 11) is 1.46. The fraction of sp³-hybridized carbons (Fsp3) is 0.227. The summed E-state index contributed by atoms with van der Waals surface area (Å²) in [5, 5.41) is 19.5. The van der Waals surface area contributed by atoms with Crippen molar-refractivity contribution in [3.63, 3.8) is 0 Å². The first-order valence-electron chi connectivity index (χ1n) is 9.24. The molecule has 0 saturated heterocycles. The Morgan fingerprint density at radius 1 is 1.20 bits per heavy atom. The van der Waals surface area contributed by atoms with Gasteiger partial charge in [0.15, 0.2) is 0 Å². The van der Waals surface area contributed by atoms with Crippen LogP contribution in [-0.4, -0.2) is 34.3 Å². The van der Waals surface area contributed by atoms with E-state index in [1.165, 1.54) is 13.4 Å². The molecule has 8 heteroatoms. The van der Waals surface area contributed by atoms with Crippen molar-refractivity contribution in [1.29, 1.82) is 0 Å². The number of amides is 1. The van der Waals surface area contributed by atoms with Gasteiger partial charge in [0.1, 0.15) is 4.88 Å². The number of aromatic amines is 1. The van der Waals surface area contributed by atoms with Gasteiger partial charge in [-0.25, -0.2) is 4.79 Å². The number of H-pyrrole nitrogens is 1. The lowest BCUT2D eigenvalue weighted by molar-refractivity contribution is -0.111. The third-order valence-corrected chi connectivity index (χ3v) is 5.84. The van der Waals surface area contributed by atoms with Crippen LogP contribution in [0.3, 0.4) is 0 Å². The van der Waals surface area contributed by atoms with Crippen molar-refractivity contribution in [3.05, 3.63) is 63.5 Å². The van der Waals surface area contributed by atoms with Crippen LogP contribution in [0.15, 0.2) is 30.5 Å². The van der Waals surface area contributed by atoms with Gasteiger partial charge in [-0.3, -0.25) is 9.89 Å². The van der Waals surface area contributed by atoms with E-state index in [0.29, 0.717) is 11.1 Å². The third-order valence-electron chi connectivity index (χ3n) is 4.70. The molecule has 1 amide bonds. The number of thiophene rings is 1. The molecule has 156 valence electrons. The molecule has 2 aromatic heterocycles. The largest absolute Gasteiger partial charge is 0.504 e. The number of aromatic carboxylic acids is 1. The Kier molecular flexibility index (Phi) is 6.07. The first-order valence-corrected chi connectivity index (χ1v) is 10.1. The van der Waals surface area contributed by atoms with E-state index in [-0.39, 0.29) is 10.6 Å². The van der Waals surface area contributed by atoms with Gasteiger partial charge < -0.3 is 15.2 Å². The van der Waals surface area contributed by atoms with Crippen LogP contribution in [0.1, 0.15) is 37.7 Å². The highest BCUT2D eigenvalue weighted by Crippen LogP contribution is 2.38. The molecule has 0 radical (unpaired) electrons. The standard InChI is InChI=1S/C22H23N3O4S/c1-11-6-7-15(12(2)8-11)16(10-29-5)21(26)23-17-9-18(30-20(17)22(27)28)19-13(3)24-25-14(19)4/h6-10H,1-5H3,(H,23,26)(H,24,25)(H,27,28). The molecule has 7 nitrogen and oxygen atoms in total. The lowest BCUT2D eigenvalue weighted by Crippen LogP contribution is -2.16. The Bertz CT molecular complexity index is 1140. The van der Waals surface area contributed by atoms with Crippen molar-refractivity contribution in [3.8, 4) is 10.4 Å². The van der Waals surface area contributed by atoms with Crippen LogP contribution < -0.4 is 5.32 Å². The molecule has 3 rings (SSSR count). The summed E-state index contributed by atoms with van der Waals surface area (Å²) < 4.78 is 5.13. The topological polar surface area (TPSA) is 104 Å². The average molecular weight is 426 g/mol. The zero-order chi connectivity index (χ0) is 22.0. The first kappa shape index (κ1) is 21.3. The summed E-state index contributed by atoms with van der Waals surface area (Å²) in [6.45, 7) is 7.60. The molecule has 0 fully saturated rings. The van der Waals surface area contributed by atoms with E-state index in [0.717, 1.165) is 44.3 Å². The Hall–Kier alpha value is -3.39. The summed E-state index contributed by atoms with van der Waals surface area (Å²) >= 11 is 1.10. The fourth-order valence-corrected chi connectivity index (χ4v) is 4.45. The number of carbonyl (C=O) groups excluding carboxylic acids is 1. The van der Waals surface area contributed by atoms with Gasteiger partial charge in [0.25, 0.3) is 5.91 Å². The lowest BCUT2D eigenvalue weighted by atomic mass is 9.99. The molecule has 0 spiro atoms. The number of hydrogen-bond donors (Lipinski definition) is 3. The maximum atomic E-state index is 13.1.